The number of ketones is 1. The molecule has 2 rings (SSSR count). The van der Waals surface area contributed by atoms with Crippen LogP contribution in [0.2, 0.25) is 0 Å². The van der Waals surface area contributed by atoms with Gasteiger partial charge >= 0.3 is 0 Å². The molecule has 1 heterocycles. The quantitative estimate of drug-likeness (QED) is 0.743. The van der Waals surface area contributed by atoms with Gasteiger partial charge in [-0.1, -0.05) is 0 Å². The van der Waals surface area contributed by atoms with Crippen LogP contribution in [0.15, 0.2) is 12.1 Å². The van der Waals surface area contributed by atoms with E-state index in [2.05, 4.69) is 0 Å². The van der Waals surface area contributed by atoms with Crippen molar-refractivity contribution < 1.29 is 18.7 Å². The summed E-state index contributed by atoms with van der Waals surface area (Å²) in [6, 6.07) is 3.15. The number of fused-ring (bicyclic) bond motifs is 1. The average molecular weight is 238 g/mol. The van der Waals surface area contributed by atoms with Gasteiger partial charge in [-0.15, -0.1) is 0 Å². The Bertz CT molecular complexity index is 441. The van der Waals surface area contributed by atoms with E-state index in [1.807, 2.05) is 0 Å². The second-order valence-corrected chi connectivity index (χ2v) is 4.11. The maximum absolute atomic E-state index is 13.5. The Hall–Kier alpha value is -1.58. The van der Waals surface area contributed by atoms with E-state index in [1.54, 1.807) is 12.1 Å². The summed E-state index contributed by atoms with van der Waals surface area (Å²) < 4.78 is 24.4. The summed E-state index contributed by atoms with van der Waals surface area (Å²) in [6.07, 6.45) is -0.420. The topological polar surface area (TPSA) is 35.5 Å². The molecule has 4 heteroatoms. The number of benzene rings is 1. The lowest BCUT2D eigenvalue weighted by Crippen LogP contribution is -2.03. The minimum Gasteiger partial charge on any atom is -0.490 e. The molecule has 1 unspecified atom stereocenters. The van der Waals surface area contributed by atoms with Crippen LogP contribution in [0.4, 0.5) is 4.39 Å². The molecule has 0 aliphatic carbocycles. The van der Waals surface area contributed by atoms with Crippen molar-refractivity contribution >= 4 is 5.78 Å². The molecule has 0 bridgehead atoms. The maximum atomic E-state index is 13.5. The SMILES string of the molecule is CC(=O)c1cc2c(cc1C(C)F)OCCCO2. The lowest BCUT2D eigenvalue weighted by molar-refractivity contribution is 0.101. The Balaban J connectivity index is 2.52. The van der Waals surface area contributed by atoms with E-state index in [9.17, 15) is 9.18 Å². The van der Waals surface area contributed by atoms with E-state index in [4.69, 9.17) is 9.47 Å². The highest BCUT2D eigenvalue weighted by molar-refractivity contribution is 5.96. The Morgan fingerprint density at radius 2 is 1.88 bits per heavy atom. The van der Waals surface area contributed by atoms with Crippen LogP contribution in [0.25, 0.3) is 0 Å². The molecule has 0 saturated carbocycles. The lowest BCUT2D eigenvalue weighted by Gasteiger charge is -2.13. The van der Waals surface area contributed by atoms with Gasteiger partial charge in [0.1, 0.15) is 6.17 Å². The van der Waals surface area contributed by atoms with Crippen LogP contribution < -0.4 is 9.47 Å². The predicted octanol–water partition coefficient (Wildman–Crippen LogP) is 3.08. The van der Waals surface area contributed by atoms with Gasteiger partial charge in [0.2, 0.25) is 0 Å². The molecule has 1 aliphatic heterocycles. The van der Waals surface area contributed by atoms with Gasteiger partial charge in [0.05, 0.1) is 13.2 Å². The minimum absolute atomic E-state index is 0.167. The Morgan fingerprint density at radius 3 is 2.41 bits per heavy atom. The fourth-order valence-corrected chi connectivity index (χ4v) is 1.86. The number of halogens is 1. The van der Waals surface area contributed by atoms with E-state index in [-0.39, 0.29) is 5.78 Å². The predicted molar refractivity (Wildman–Crippen MR) is 61.6 cm³/mol. The molecule has 0 radical (unpaired) electrons. The Labute approximate surface area is 99.5 Å². The van der Waals surface area contributed by atoms with Gasteiger partial charge in [-0.2, -0.15) is 0 Å². The molecule has 92 valence electrons. The zero-order valence-electron chi connectivity index (χ0n) is 9.96. The molecule has 0 N–H and O–H groups in total. The number of carbonyl (C=O) groups is 1. The van der Waals surface area contributed by atoms with E-state index >= 15 is 0 Å². The number of rotatable bonds is 2. The van der Waals surface area contributed by atoms with Crippen LogP contribution >= 0.6 is 0 Å². The van der Waals surface area contributed by atoms with Gasteiger partial charge in [-0.05, 0) is 26.0 Å². The normalized spacial score (nSPS) is 16.2. The summed E-state index contributed by atoms with van der Waals surface area (Å²) in [6.45, 7) is 3.93. The number of Topliss-reactive ketones (excluding diaryl/α,β-unsaturated/α-hetero) is 1. The molecule has 1 aliphatic rings. The maximum Gasteiger partial charge on any atom is 0.161 e. The molecular formula is C13H15FO3. The summed E-state index contributed by atoms with van der Waals surface area (Å²) in [4.78, 5) is 11.5. The molecule has 3 nitrogen and oxygen atoms in total. The van der Waals surface area contributed by atoms with Gasteiger partial charge in [-0.3, -0.25) is 4.79 Å². The van der Waals surface area contributed by atoms with Gasteiger partial charge in [-0.25, -0.2) is 4.39 Å². The van der Waals surface area contributed by atoms with Crippen molar-refractivity contribution in [2.45, 2.75) is 26.4 Å². The highest BCUT2D eigenvalue weighted by atomic mass is 19.1. The molecule has 0 fully saturated rings. The van der Waals surface area contributed by atoms with Crippen LogP contribution in [-0.2, 0) is 0 Å². The summed E-state index contributed by atoms with van der Waals surface area (Å²) in [5.74, 6) is 0.879. The van der Waals surface area contributed by atoms with E-state index < -0.39 is 6.17 Å². The van der Waals surface area contributed by atoms with Crippen molar-refractivity contribution in [3.63, 3.8) is 0 Å². The lowest BCUT2D eigenvalue weighted by atomic mass is 10.00. The highest BCUT2D eigenvalue weighted by Gasteiger charge is 2.19. The second kappa shape index (κ2) is 4.73. The first-order chi connectivity index (χ1) is 8.09. The first-order valence-electron chi connectivity index (χ1n) is 5.68. The number of carbonyl (C=O) groups excluding carboxylic acids is 1. The first kappa shape index (κ1) is 11.9. The van der Waals surface area contributed by atoms with E-state index in [0.29, 0.717) is 35.8 Å². The zero-order chi connectivity index (χ0) is 12.4. The largest absolute Gasteiger partial charge is 0.490 e. The van der Waals surface area contributed by atoms with Gasteiger partial charge < -0.3 is 9.47 Å². The monoisotopic (exact) mass is 238 g/mol. The van der Waals surface area contributed by atoms with Crippen LogP contribution in [0.1, 0.15) is 42.4 Å². The molecular weight excluding hydrogens is 223 g/mol. The number of alkyl halides is 1. The summed E-state index contributed by atoms with van der Waals surface area (Å²) in [7, 11) is 0. The second-order valence-electron chi connectivity index (χ2n) is 4.11. The summed E-state index contributed by atoms with van der Waals surface area (Å²) in [5, 5.41) is 0. The Kier molecular flexibility index (Phi) is 3.31. The minimum atomic E-state index is -1.20. The average Bonchev–Trinajstić information content (AvgIpc) is 2.51. The van der Waals surface area contributed by atoms with Gasteiger partial charge in [0.15, 0.2) is 17.3 Å². The smallest absolute Gasteiger partial charge is 0.161 e. The molecule has 0 spiro atoms. The van der Waals surface area contributed by atoms with Crippen molar-refractivity contribution in [1.82, 2.24) is 0 Å². The molecule has 0 amide bonds. The number of hydrogen-bond acceptors (Lipinski definition) is 3. The molecule has 1 aromatic rings. The molecule has 1 atom stereocenters. The third kappa shape index (κ3) is 2.40. The van der Waals surface area contributed by atoms with E-state index in [1.165, 1.54) is 13.8 Å². The zero-order valence-corrected chi connectivity index (χ0v) is 9.96. The van der Waals surface area contributed by atoms with Crippen molar-refractivity contribution in [1.29, 1.82) is 0 Å². The molecule has 0 aromatic heterocycles. The fraction of sp³-hybridized carbons (Fsp3) is 0.462. The van der Waals surface area contributed by atoms with E-state index in [0.717, 1.165) is 6.42 Å². The molecule has 1 aromatic carbocycles. The summed E-state index contributed by atoms with van der Waals surface area (Å²) >= 11 is 0. The highest BCUT2D eigenvalue weighted by Crippen LogP contribution is 2.36. The third-order valence-corrected chi connectivity index (χ3v) is 2.73. The fourth-order valence-electron chi connectivity index (χ4n) is 1.86. The Morgan fingerprint density at radius 1 is 1.29 bits per heavy atom. The van der Waals surface area contributed by atoms with Crippen molar-refractivity contribution in [2.75, 3.05) is 13.2 Å². The standard InChI is InChI=1S/C13H15FO3/c1-8(14)10-6-12-13(7-11(10)9(2)15)17-5-3-4-16-12/h6-8H,3-5H2,1-2H3. The number of ether oxygens (including phenoxy) is 2. The molecule has 17 heavy (non-hydrogen) atoms. The van der Waals surface area contributed by atoms with Crippen LogP contribution in [-0.4, -0.2) is 19.0 Å². The third-order valence-electron chi connectivity index (χ3n) is 2.73. The van der Waals surface area contributed by atoms with Crippen molar-refractivity contribution in [2.24, 2.45) is 0 Å². The number of hydrogen-bond donors (Lipinski definition) is 0. The molecule has 0 saturated heterocycles. The van der Waals surface area contributed by atoms with Crippen molar-refractivity contribution in [3.8, 4) is 11.5 Å². The van der Waals surface area contributed by atoms with Crippen LogP contribution in [0, 0.1) is 0 Å². The summed E-state index contributed by atoms with van der Waals surface area (Å²) in [5.41, 5.74) is 0.728. The first-order valence-corrected chi connectivity index (χ1v) is 5.68. The van der Waals surface area contributed by atoms with Crippen LogP contribution in [0.5, 0.6) is 11.5 Å². The van der Waals surface area contributed by atoms with Crippen molar-refractivity contribution in [3.05, 3.63) is 23.3 Å². The van der Waals surface area contributed by atoms with Gasteiger partial charge in [0.25, 0.3) is 0 Å². The van der Waals surface area contributed by atoms with Crippen LogP contribution in [0.3, 0.4) is 0 Å². The van der Waals surface area contributed by atoms with Gasteiger partial charge in [0, 0.05) is 17.5 Å².